The smallest absolute Gasteiger partial charge is 0.356 e. The summed E-state index contributed by atoms with van der Waals surface area (Å²) in [6.07, 6.45) is 2.83. The summed E-state index contributed by atoms with van der Waals surface area (Å²) in [6, 6.07) is 7.91. The maximum Gasteiger partial charge on any atom is 0.356 e. The van der Waals surface area contributed by atoms with Crippen LogP contribution in [-0.4, -0.2) is 52.1 Å². The molecular formula is C16H17ClN4O2. The summed E-state index contributed by atoms with van der Waals surface area (Å²) in [4.78, 5) is 23.4. The van der Waals surface area contributed by atoms with Gasteiger partial charge in [-0.05, 0) is 17.7 Å². The zero-order valence-corrected chi connectivity index (χ0v) is 13.3. The van der Waals surface area contributed by atoms with Crippen LogP contribution in [0.15, 0.2) is 36.7 Å². The Hall–Kier alpha value is -2.18. The molecule has 2 heterocycles. The number of carboxylic acids is 1. The number of aromatic carboxylic acids is 1. The molecule has 23 heavy (non-hydrogen) atoms. The molecule has 1 aliphatic rings. The monoisotopic (exact) mass is 332 g/mol. The van der Waals surface area contributed by atoms with Gasteiger partial charge in [-0.2, -0.15) is 0 Å². The van der Waals surface area contributed by atoms with Gasteiger partial charge in [0.1, 0.15) is 5.82 Å². The Morgan fingerprint density at radius 1 is 1.17 bits per heavy atom. The van der Waals surface area contributed by atoms with Crippen LogP contribution >= 0.6 is 11.6 Å². The molecule has 1 N–H and O–H groups in total. The second-order valence-corrected chi connectivity index (χ2v) is 5.89. The van der Waals surface area contributed by atoms with E-state index in [-0.39, 0.29) is 5.69 Å². The summed E-state index contributed by atoms with van der Waals surface area (Å²) in [7, 11) is 0. The summed E-state index contributed by atoms with van der Waals surface area (Å²) in [5.74, 6) is -0.340. The molecule has 2 aromatic rings. The Bertz CT molecular complexity index is 685. The lowest BCUT2D eigenvalue weighted by Crippen LogP contribution is -2.46. The number of hydrogen-bond acceptors (Lipinski definition) is 5. The van der Waals surface area contributed by atoms with Crippen molar-refractivity contribution in [2.45, 2.75) is 6.54 Å². The third-order valence-electron chi connectivity index (χ3n) is 3.85. The van der Waals surface area contributed by atoms with Crippen molar-refractivity contribution >= 4 is 23.4 Å². The fraction of sp³-hybridized carbons (Fsp3) is 0.312. The van der Waals surface area contributed by atoms with Crippen LogP contribution in [-0.2, 0) is 6.54 Å². The molecular weight excluding hydrogens is 316 g/mol. The predicted octanol–water partition coefficient (Wildman–Crippen LogP) is 2.15. The first-order valence-electron chi connectivity index (χ1n) is 7.39. The van der Waals surface area contributed by atoms with Gasteiger partial charge in [0, 0.05) is 37.7 Å². The number of halogens is 1. The van der Waals surface area contributed by atoms with Crippen LogP contribution in [0.5, 0.6) is 0 Å². The lowest BCUT2D eigenvalue weighted by atomic mass is 10.2. The van der Waals surface area contributed by atoms with Crippen LogP contribution in [0.25, 0.3) is 0 Å². The molecule has 0 amide bonds. The van der Waals surface area contributed by atoms with E-state index in [0.29, 0.717) is 0 Å². The summed E-state index contributed by atoms with van der Waals surface area (Å²) < 4.78 is 0. The van der Waals surface area contributed by atoms with Crippen molar-refractivity contribution < 1.29 is 9.90 Å². The molecule has 0 radical (unpaired) electrons. The number of anilines is 1. The largest absolute Gasteiger partial charge is 0.476 e. The number of carboxylic acid groups (broad SMARTS) is 1. The van der Waals surface area contributed by atoms with Crippen molar-refractivity contribution in [3.8, 4) is 0 Å². The third-order valence-corrected chi connectivity index (χ3v) is 4.08. The van der Waals surface area contributed by atoms with Crippen molar-refractivity contribution in [1.82, 2.24) is 14.9 Å². The molecule has 0 atom stereocenters. The van der Waals surface area contributed by atoms with Crippen LogP contribution in [0.1, 0.15) is 16.1 Å². The van der Waals surface area contributed by atoms with E-state index in [2.05, 4.69) is 25.8 Å². The van der Waals surface area contributed by atoms with E-state index in [4.69, 9.17) is 16.7 Å². The molecule has 1 aromatic carbocycles. The predicted molar refractivity (Wildman–Crippen MR) is 87.9 cm³/mol. The van der Waals surface area contributed by atoms with Crippen molar-refractivity contribution in [2.75, 3.05) is 31.1 Å². The van der Waals surface area contributed by atoms with Crippen molar-refractivity contribution in [3.05, 3.63) is 52.9 Å². The van der Waals surface area contributed by atoms with E-state index in [0.717, 1.165) is 43.6 Å². The highest BCUT2D eigenvalue weighted by atomic mass is 35.5. The maximum atomic E-state index is 10.8. The summed E-state index contributed by atoms with van der Waals surface area (Å²) in [5.41, 5.74) is 1.17. The van der Waals surface area contributed by atoms with Gasteiger partial charge < -0.3 is 10.0 Å². The topological polar surface area (TPSA) is 69.6 Å². The first-order valence-corrected chi connectivity index (χ1v) is 7.77. The highest BCUT2D eigenvalue weighted by molar-refractivity contribution is 6.30. The molecule has 0 spiro atoms. The first kappa shape index (κ1) is 15.7. The average molecular weight is 333 g/mol. The molecule has 1 aliphatic heterocycles. The normalized spacial score (nSPS) is 15.6. The second kappa shape index (κ2) is 6.93. The fourth-order valence-corrected chi connectivity index (χ4v) is 2.84. The van der Waals surface area contributed by atoms with Crippen LogP contribution in [0.3, 0.4) is 0 Å². The van der Waals surface area contributed by atoms with Crippen LogP contribution in [0, 0.1) is 0 Å². The number of aromatic nitrogens is 2. The second-order valence-electron chi connectivity index (χ2n) is 5.46. The van der Waals surface area contributed by atoms with Crippen LogP contribution in [0.4, 0.5) is 5.82 Å². The van der Waals surface area contributed by atoms with E-state index in [1.54, 1.807) is 0 Å². The van der Waals surface area contributed by atoms with Gasteiger partial charge >= 0.3 is 5.97 Å². The van der Waals surface area contributed by atoms with Crippen LogP contribution < -0.4 is 4.90 Å². The number of hydrogen-bond donors (Lipinski definition) is 1. The molecule has 120 valence electrons. The molecule has 7 heteroatoms. The Morgan fingerprint density at radius 2 is 1.96 bits per heavy atom. The SMILES string of the molecule is O=C(O)c1cnc(N2CCN(Cc3cccc(Cl)c3)CC2)cn1. The minimum absolute atomic E-state index is 0.0339. The van der Waals surface area contributed by atoms with Crippen molar-refractivity contribution in [1.29, 1.82) is 0 Å². The van der Waals surface area contributed by atoms with Crippen molar-refractivity contribution in [3.63, 3.8) is 0 Å². The fourth-order valence-electron chi connectivity index (χ4n) is 2.62. The van der Waals surface area contributed by atoms with E-state index < -0.39 is 5.97 Å². The number of rotatable bonds is 4. The lowest BCUT2D eigenvalue weighted by molar-refractivity contribution is 0.0690. The molecule has 6 nitrogen and oxygen atoms in total. The van der Waals surface area contributed by atoms with E-state index in [9.17, 15) is 4.79 Å². The van der Waals surface area contributed by atoms with E-state index in [1.807, 2.05) is 18.2 Å². The Morgan fingerprint density at radius 3 is 2.57 bits per heavy atom. The molecule has 1 aromatic heterocycles. The van der Waals surface area contributed by atoms with E-state index >= 15 is 0 Å². The van der Waals surface area contributed by atoms with Gasteiger partial charge in [-0.1, -0.05) is 23.7 Å². The highest BCUT2D eigenvalue weighted by Crippen LogP contribution is 2.16. The zero-order valence-electron chi connectivity index (χ0n) is 12.5. The first-order chi connectivity index (χ1) is 11.1. The van der Waals surface area contributed by atoms with Gasteiger partial charge in [-0.3, -0.25) is 4.90 Å². The minimum Gasteiger partial charge on any atom is -0.476 e. The molecule has 1 fully saturated rings. The highest BCUT2D eigenvalue weighted by Gasteiger charge is 2.19. The molecule has 0 bridgehead atoms. The summed E-state index contributed by atoms with van der Waals surface area (Å²) in [5, 5.41) is 9.61. The number of benzene rings is 1. The molecule has 3 rings (SSSR count). The van der Waals surface area contributed by atoms with Crippen molar-refractivity contribution in [2.24, 2.45) is 0 Å². The van der Waals surface area contributed by atoms with Gasteiger partial charge in [-0.25, -0.2) is 14.8 Å². The minimum atomic E-state index is -1.06. The summed E-state index contributed by atoms with van der Waals surface area (Å²) >= 11 is 6.02. The van der Waals surface area contributed by atoms with Gasteiger partial charge in [-0.15, -0.1) is 0 Å². The quantitative estimate of drug-likeness (QED) is 0.925. The Labute approximate surface area is 139 Å². The van der Waals surface area contributed by atoms with Crippen LogP contribution in [0.2, 0.25) is 5.02 Å². The average Bonchev–Trinajstić information content (AvgIpc) is 2.56. The van der Waals surface area contributed by atoms with Gasteiger partial charge in [0.25, 0.3) is 0 Å². The number of piperazine rings is 1. The zero-order chi connectivity index (χ0) is 16.2. The van der Waals surface area contributed by atoms with E-state index in [1.165, 1.54) is 18.0 Å². The molecule has 0 aliphatic carbocycles. The Balaban J connectivity index is 1.56. The number of nitrogens with zero attached hydrogens (tertiary/aromatic N) is 4. The lowest BCUT2D eigenvalue weighted by Gasteiger charge is -2.35. The molecule has 0 saturated carbocycles. The van der Waals surface area contributed by atoms with Gasteiger partial charge in [0.2, 0.25) is 0 Å². The van der Waals surface area contributed by atoms with Gasteiger partial charge in [0.15, 0.2) is 5.69 Å². The maximum absolute atomic E-state index is 10.8. The molecule has 1 saturated heterocycles. The standard InChI is InChI=1S/C16H17ClN4O2/c17-13-3-1-2-12(8-13)11-20-4-6-21(7-5-20)15-10-18-14(9-19-15)16(22)23/h1-3,8-10H,4-7,11H2,(H,22,23). The summed E-state index contributed by atoms with van der Waals surface area (Å²) in [6.45, 7) is 4.37. The Kier molecular flexibility index (Phi) is 4.73. The molecule has 0 unspecified atom stereocenters. The number of carbonyl (C=O) groups is 1. The van der Waals surface area contributed by atoms with Gasteiger partial charge in [0.05, 0.1) is 12.4 Å². The third kappa shape index (κ3) is 3.97.